The fourth-order valence-electron chi connectivity index (χ4n) is 3.27. The second kappa shape index (κ2) is 15.4. The third-order valence-electron chi connectivity index (χ3n) is 5.02. The van der Waals surface area contributed by atoms with Gasteiger partial charge in [0.25, 0.3) is 0 Å². The number of esters is 1. The number of para-hydroxylation sites is 1. The number of hydrogen-bond donors (Lipinski definition) is 2. The number of rotatable bonds is 16. The monoisotopic (exact) mass is 377 g/mol. The fourth-order valence-corrected chi connectivity index (χ4v) is 3.27. The second-order valence-corrected chi connectivity index (χ2v) is 7.48. The molecule has 0 aliphatic heterocycles. The van der Waals surface area contributed by atoms with Crippen LogP contribution in [0, 0.1) is 0 Å². The molecule has 27 heavy (non-hydrogen) atoms. The number of ether oxygens (including phenoxy) is 1. The summed E-state index contributed by atoms with van der Waals surface area (Å²) in [6, 6.07) is 4.72. The molecule has 0 radical (unpaired) electrons. The van der Waals surface area contributed by atoms with Gasteiger partial charge >= 0.3 is 5.97 Å². The summed E-state index contributed by atoms with van der Waals surface area (Å²) in [5, 5.41) is 9.77. The van der Waals surface area contributed by atoms with Crippen LogP contribution < -0.4 is 5.73 Å². The summed E-state index contributed by atoms with van der Waals surface area (Å²) in [7, 11) is 0. The van der Waals surface area contributed by atoms with Gasteiger partial charge in [-0.2, -0.15) is 0 Å². The number of unbranched alkanes of at least 4 members (excludes halogenated alkanes) is 13. The van der Waals surface area contributed by atoms with E-state index in [1.165, 1.54) is 83.1 Å². The average Bonchev–Trinajstić information content (AvgIpc) is 2.67. The van der Waals surface area contributed by atoms with E-state index in [4.69, 9.17) is 10.5 Å². The quantitative estimate of drug-likeness (QED) is 0.147. The van der Waals surface area contributed by atoms with Gasteiger partial charge in [-0.3, -0.25) is 0 Å². The van der Waals surface area contributed by atoms with Crippen LogP contribution in [-0.4, -0.2) is 17.7 Å². The lowest BCUT2D eigenvalue weighted by Gasteiger charge is -2.07. The summed E-state index contributed by atoms with van der Waals surface area (Å²) < 4.78 is 5.22. The molecule has 0 aliphatic carbocycles. The normalized spacial score (nSPS) is 10.9. The van der Waals surface area contributed by atoms with E-state index in [1.54, 1.807) is 12.1 Å². The Balaban J connectivity index is 1.89. The summed E-state index contributed by atoms with van der Waals surface area (Å²) in [6.45, 7) is 2.66. The number of carbonyl (C=O) groups is 1. The van der Waals surface area contributed by atoms with Gasteiger partial charge in [-0.25, -0.2) is 4.79 Å². The van der Waals surface area contributed by atoms with Gasteiger partial charge in [0, 0.05) is 0 Å². The highest BCUT2D eigenvalue weighted by Gasteiger charge is 2.13. The summed E-state index contributed by atoms with van der Waals surface area (Å²) in [4.78, 5) is 11.9. The van der Waals surface area contributed by atoms with Crippen molar-refractivity contribution in [2.24, 2.45) is 0 Å². The van der Waals surface area contributed by atoms with Crippen molar-refractivity contribution in [3.63, 3.8) is 0 Å². The molecule has 1 rings (SSSR count). The van der Waals surface area contributed by atoms with Gasteiger partial charge < -0.3 is 15.6 Å². The first-order chi connectivity index (χ1) is 13.2. The van der Waals surface area contributed by atoms with Gasteiger partial charge in [-0.1, -0.05) is 96.5 Å². The van der Waals surface area contributed by atoms with E-state index in [1.807, 2.05) is 0 Å². The maximum absolute atomic E-state index is 11.9. The number of aromatic hydroxyl groups is 1. The van der Waals surface area contributed by atoms with Crippen LogP contribution in [-0.2, 0) is 4.74 Å². The Bertz CT molecular complexity index is 516. The van der Waals surface area contributed by atoms with Crippen LogP contribution in [0.5, 0.6) is 5.75 Å². The molecule has 1 aromatic carbocycles. The summed E-state index contributed by atoms with van der Waals surface area (Å²) in [5.41, 5.74) is 5.92. The van der Waals surface area contributed by atoms with E-state index in [0.29, 0.717) is 6.61 Å². The lowest BCUT2D eigenvalue weighted by Crippen LogP contribution is -2.07. The van der Waals surface area contributed by atoms with Crippen LogP contribution in [0.4, 0.5) is 5.69 Å². The van der Waals surface area contributed by atoms with Crippen molar-refractivity contribution < 1.29 is 14.6 Å². The molecule has 0 fully saturated rings. The minimum Gasteiger partial charge on any atom is -0.505 e. The van der Waals surface area contributed by atoms with Crippen LogP contribution >= 0.6 is 0 Å². The number of carbonyl (C=O) groups excluding carboxylic acids is 1. The van der Waals surface area contributed by atoms with Crippen LogP contribution in [0.1, 0.15) is 107 Å². The molecule has 0 aromatic heterocycles. The summed E-state index contributed by atoms with van der Waals surface area (Å²) in [6.07, 6.45) is 18.2. The maximum atomic E-state index is 11.9. The number of phenols is 1. The van der Waals surface area contributed by atoms with E-state index in [-0.39, 0.29) is 17.0 Å². The van der Waals surface area contributed by atoms with Crippen molar-refractivity contribution in [2.45, 2.75) is 96.8 Å². The van der Waals surface area contributed by atoms with E-state index < -0.39 is 5.97 Å². The largest absolute Gasteiger partial charge is 0.505 e. The van der Waals surface area contributed by atoms with E-state index in [2.05, 4.69) is 6.92 Å². The van der Waals surface area contributed by atoms with E-state index in [9.17, 15) is 9.90 Å². The maximum Gasteiger partial charge on any atom is 0.341 e. The van der Waals surface area contributed by atoms with Gasteiger partial charge in [0.05, 0.1) is 12.3 Å². The lowest BCUT2D eigenvalue weighted by molar-refractivity contribution is 0.0494. The zero-order valence-corrected chi connectivity index (χ0v) is 17.2. The molecule has 0 amide bonds. The zero-order chi connectivity index (χ0) is 19.7. The first kappa shape index (κ1) is 23.3. The van der Waals surface area contributed by atoms with E-state index in [0.717, 1.165) is 12.8 Å². The molecule has 0 unspecified atom stereocenters. The standard InChI is InChI=1S/C23H39NO3/c1-2-3-4-5-6-7-8-9-10-11-12-13-14-15-19-27-23(26)20-17-16-18-21(24)22(20)25/h16-18,25H,2-15,19,24H2,1H3. The number of nitrogen functional groups attached to an aromatic ring is 1. The van der Waals surface area contributed by atoms with Crippen molar-refractivity contribution >= 4 is 11.7 Å². The zero-order valence-electron chi connectivity index (χ0n) is 17.2. The van der Waals surface area contributed by atoms with Crippen molar-refractivity contribution in [3.8, 4) is 5.75 Å². The predicted molar refractivity (Wildman–Crippen MR) is 113 cm³/mol. The summed E-state index contributed by atoms with van der Waals surface area (Å²) >= 11 is 0. The molecule has 0 bridgehead atoms. The highest BCUT2D eigenvalue weighted by Crippen LogP contribution is 2.25. The van der Waals surface area contributed by atoms with Crippen molar-refractivity contribution in [3.05, 3.63) is 23.8 Å². The molecule has 1 aromatic rings. The molecule has 0 atom stereocenters. The molecule has 4 heteroatoms. The molecular weight excluding hydrogens is 338 g/mol. The number of phenolic OH excluding ortho intramolecular Hbond substituents is 1. The molecular formula is C23H39NO3. The first-order valence-corrected chi connectivity index (χ1v) is 10.9. The highest BCUT2D eigenvalue weighted by atomic mass is 16.5. The van der Waals surface area contributed by atoms with Crippen LogP contribution in [0.3, 0.4) is 0 Å². The Morgan fingerprint density at radius 1 is 0.852 bits per heavy atom. The Kier molecular flexibility index (Phi) is 13.3. The number of nitrogens with two attached hydrogens (primary N) is 1. The summed E-state index contributed by atoms with van der Waals surface area (Å²) in [5.74, 6) is -0.696. The predicted octanol–water partition coefficient (Wildman–Crippen LogP) is 6.61. The Labute approximate surface area is 165 Å². The van der Waals surface area contributed by atoms with Crippen LogP contribution in [0.2, 0.25) is 0 Å². The van der Waals surface area contributed by atoms with Gasteiger partial charge in [0.15, 0.2) is 5.75 Å². The molecule has 3 N–H and O–H groups in total. The van der Waals surface area contributed by atoms with Crippen LogP contribution in [0.15, 0.2) is 18.2 Å². The Morgan fingerprint density at radius 3 is 1.85 bits per heavy atom. The molecule has 0 aliphatic rings. The molecule has 0 heterocycles. The second-order valence-electron chi connectivity index (χ2n) is 7.48. The van der Waals surface area contributed by atoms with Crippen molar-refractivity contribution in [1.82, 2.24) is 0 Å². The number of anilines is 1. The van der Waals surface area contributed by atoms with E-state index >= 15 is 0 Å². The average molecular weight is 378 g/mol. The Hall–Kier alpha value is -1.71. The molecule has 154 valence electrons. The molecule has 0 saturated carbocycles. The van der Waals surface area contributed by atoms with Crippen LogP contribution in [0.25, 0.3) is 0 Å². The minimum absolute atomic E-state index is 0.139. The minimum atomic E-state index is -0.505. The number of hydrogen-bond acceptors (Lipinski definition) is 4. The lowest BCUT2D eigenvalue weighted by atomic mass is 10.0. The third-order valence-corrected chi connectivity index (χ3v) is 5.02. The SMILES string of the molecule is CCCCCCCCCCCCCCCCOC(=O)c1cccc(N)c1O. The molecule has 4 nitrogen and oxygen atoms in total. The fraction of sp³-hybridized carbons (Fsp3) is 0.696. The van der Waals surface area contributed by atoms with Gasteiger partial charge in [0.2, 0.25) is 0 Å². The highest BCUT2D eigenvalue weighted by molar-refractivity contribution is 5.94. The van der Waals surface area contributed by atoms with Gasteiger partial charge in [-0.15, -0.1) is 0 Å². The number of benzene rings is 1. The van der Waals surface area contributed by atoms with Crippen molar-refractivity contribution in [2.75, 3.05) is 12.3 Å². The smallest absolute Gasteiger partial charge is 0.341 e. The van der Waals surface area contributed by atoms with Gasteiger partial charge in [-0.05, 0) is 18.6 Å². The van der Waals surface area contributed by atoms with Crippen molar-refractivity contribution in [1.29, 1.82) is 0 Å². The topological polar surface area (TPSA) is 72.5 Å². The first-order valence-electron chi connectivity index (χ1n) is 10.9. The molecule has 0 saturated heterocycles. The third kappa shape index (κ3) is 10.9. The Morgan fingerprint density at radius 2 is 1.33 bits per heavy atom. The molecule has 0 spiro atoms. The van der Waals surface area contributed by atoms with Gasteiger partial charge in [0.1, 0.15) is 5.56 Å².